The minimum Gasteiger partial charge on any atom is -0.396 e. The molecule has 110 valence electrons. The average molecular weight is 296 g/mol. The predicted molar refractivity (Wildman–Crippen MR) is 98.4 cm³/mol. The van der Waals surface area contributed by atoms with E-state index in [2.05, 4.69) is 66.7 Å². The zero-order chi connectivity index (χ0) is 15.4. The molecule has 1 nitrogen and oxygen atoms in total. The molecule has 0 saturated carbocycles. The van der Waals surface area contributed by atoms with Crippen LogP contribution in [0.3, 0.4) is 0 Å². The van der Waals surface area contributed by atoms with Crippen LogP contribution in [0.2, 0.25) is 0 Å². The Bertz CT molecular complexity index is 1170. The van der Waals surface area contributed by atoms with Gasteiger partial charge in [0.15, 0.2) is 0 Å². The molecule has 5 aromatic carbocycles. The highest BCUT2D eigenvalue weighted by Gasteiger charge is 2.14. The van der Waals surface area contributed by atoms with Crippen molar-refractivity contribution in [2.45, 2.75) is 6.42 Å². The highest BCUT2D eigenvalue weighted by molar-refractivity contribution is 6.33. The second-order valence-electron chi connectivity index (χ2n) is 6.19. The smallest absolute Gasteiger partial charge is 0.0471 e. The number of aliphatic hydroxyl groups is 1. The lowest BCUT2D eigenvalue weighted by atomic mass is 9.87. The van der Waals surface area contributed by atoms with Crippen molar-refractivity contribution in [3.05, 3.63) is 72.3 Å². The first-order valence-electron chi connectivity index (χ1n) is 8.06. The summed E-state index contributed by atoms with van der Waals surface area (Å²) in [4.78, 5) is 0. The van der Waals surface area contributed by atoms with E-state index in [0.717, 1.165) is 0 Å². The molecule has 23 heavy (non-hydrogen) atoms. The predicted octanol–water partition coefficient (Wildman–Crippen LogP) is 5.27. The fourth-order valence-corrected chi connectivity index (χ4v) is 4.06. The topological polar surface area (TPSA) is 20.2 Å². The maximum absolute atomic E-state index is 9.49. The Hall–Kier alpha value is -2.64. The largest absolute Gasteiger partial charge is 0.396 e. The highest BCUT2D eigenvalue weighted by Crippen LogP contribution is 2.41. The highest BCUT2D eigenvalue weighted by atomic mass is 16.2. The normalized spacial score (nSPS) is 12.0. The molecule has 0 heterocycles. The van der Waals surface area contributed by atoms with Crippen LogP contribution >= 0.6 is 0 Å². The molecule has 5 rings (SSSR count). The Morgan fingerprint density at radius 1 is 0.565 bits per heavy atom. The Labute approximate surface area is 134 Å². The lowest BCUT2D eigenvalue weighted by Gasteiger charge is -2.16. The molecule has 0 bridgehead atoms. The average Bonchev–Trinajstić information content (AvgIpc) is 2.60. The first kappa shape index (κ1) is 12.9. The van der Waals surface area contributed by atoms with Crippen molar-refractivity contribution in [1.82, 2.24) is 0 Å². The van der Waals surface area contributed by atoms with Crippen LogP contribution in [0.5, 0.6) is 0 Å². The quantitative estimate of drug-likeness (QED) is 0.347. The first-order chi connectivity index (χ1) is 11.4. The summed E-state index contributed by atoms with van der Waals surface area (Å²) in [6, 6.07) is 24.0. The van der Waals surface area contributed by atoms with Crippen molar-refractivity contribution in [3.63, 3.8) is 0 Å². The van der Waals surface area contributed by atoms with E-state index in [1.165, 1.54) is 48.7 Å². The minimum atomic E-state index is 0.179. The summed E-state index contributed by atoms with van der Waals surface area (Å²) in [5.74, 6) is 0. The maximum atomic E-state index is 9.49. The summed E-state index contributed by atoms with van der Waals surface area (Å²) >= 11 is 0. The van der Waals surface area contributed by atoms with Crippen LogP contribution in [-0.4, -0.2) is 11.7 Å². The van der Waals surface area contributed by atoms with E-state index in [4.69, 9.17) is 0 Å². The van der Waals surface area contributed by atoms with Crippen molar-refractivity contribution in [2.75, 3.05) is 6.61 Å². The second-order valence-corrected chi connectivity index (χ2v) is 6.19. The van der Waals surface area contributed by atoms with E-state index in [0.29, 0.717) is 6.42 Å². The van der Waals surface area contributed by atoms with E-state index >= 15 is 0 Å². The van der Waals surface area contributed by atoms with E-state index < -0.39 is 0 Å². The van der Waals surface area contributed by atoms with Crippen LogP contribution in [-0.2, 0) is 6.42 Å². The van der Waals surface area contributed by atoms with E-state index in [-0.39, 0.29) is 6.61 Å². The van der Waals surface area contributed by atoms with Gasteiger partial charge in [0.05, 0.1) is 0 Å². The molecule has 0 unspecified atom stereocenters. The van der Waals surface area contributed by atoms with Crippen LogP contribution in [0.15, 0.2) is 66.7 Å². The molecular formula is C22H16O. The molecule has 0 aliphatic carbocycles. The van der Waals surface area contributed by atoms with Gasteiger partial charge in [0, 0.05) is 6.61 Å². The van der Waals surface area contributed by atoms with Crippen LogP contribution in [0.25, 0.3) is 43.1 Å². The molecule has 0 aliphatic heterocycles. The monoisotopic (exact) mass is 296 g/mol. The Balaban J connectivity index is 2.20. The lowest BCUT2D eigenvalue weighted by molar-refractivity contribution is 0.300. The molecule has 0 aliphatic rings. The fraction of sp³-hybridized carbons (Fsp3) is 0.0909. The van der Waals surface area contributed by atoms with Gasteiger partial charge < -0.3 is 5.11 Å². The summed E-state index contributed by atoms with van der Waals surface area (Å²) in [5, 5.41) is 19.9. The molecule has 0 aromatic heterocycles. The third kappa shape index (κ3) is 1.66. The van der Waals surface area contributed by atoms with E-state index in [9.17, 15) is 5.11 Å². The zero-order valence-electron chi connectivity index (χ0n) is 12.7. The van der Waals surface area contributed by atoms with Gasteiger partial charge in [-0.25, -0.2) is 0 Å². The SMILES string of the molecule is OCCc1ccc2cccc3c4cccc5cccc(c1c23)c54. The molecule has 0 radical (unpaired) electrons. The summed E-state index contributed by atoms with van der Waals surface area (Å²) in [7, 11) is 0. The van der Waals surface area contributed by atoms with Gasteiger partial charge in [0.2, 0.25) is 0 Å². The summed E-state index contributed by atoms with van der Waals surface area (Å²) in [6.07, 6.45) is 0.693. The fourth-order valence-electron chi connectivity index (χ4n) is 4.06. The third-order valence-electron chi connectivity index (χ3n) is 4.98. The van der Waals surface area contributed by atoms with Gasteiger partial charge >= 0.3 is 0 Å². The Morgan fingerprint density at radius 3 is 1.87 bits per heavy atom. The molecule has 0 fully saturated rings. The van der Waals surface area contributed by atoms with Crippen LogP contribution in [0, 0.1) is 0 Å². The molecule has 0 atom stereocenters. The molecular weight excluding hydrogens is 280 g/mol. The number of rotatable bonds is 2. The maximum Gasteiger partial charge on any atom is 0.0471 e. The number of hydrogen-bond donors (Lipinski definition) is 1. The van der Waals surface area contributed by atoms with Crippen LogP contribution in [0.4, 0.5) is 0 Å². The van der Waals surface area contributed by atoms with E-state index in [1.54, 1.807) is 0 Å². The summed E-state index contributed by atoms with van der Waals surface area (Å²) < 4.78 is 0. The van der Waals surface area contributed by atoms with Gasteiger partial charge in [-0.1, -0.05) is 66.7 Å². The third-order valence-corrected chi connectivity index (χ3v) is 4.98. The van der Waals surface area contributed by atoms with Crippen LogP contribution in [0.1, 0.15) is 5.56 Å². The number of benzene rings is 5. The van der Waals surface area contributed by atoms with Crippen molar-refractivity contribution in [1.29, 1.82) is 0 Å². The van der Waals surface area contributed by atoms with Gasteiger partial charge in [-0.2, -0.15) is 0 Å². The molecule has 1 N–H and O–H groups in total. The minimum absolute atomic E-state index is 0.179. The number of aliphatic hydroxyl groups excluding tert-OH is 1. The van der Waals surface area contributed by atoms with Crippen molar-refractivity contribution < 1.29 is 5.11 Å². The standard InChI is InChI=1S/C22H16O/c23-13-12-16-11-10-15-6-2-8-18-17-7-1-4-14-5-3-9-19(20(14)17)22(16)21(15)18/h1-11,23H,12-13H2. The van der Waals surface area contributed by atoms with Gasteiger partial charge in [0.1, 0.15) is 0 Å². The van der Waals surface area contributed by atoms with Crippen LogP contribution < -0.4 is 0 Å². The van der Waals surface area contributed by atoms with Crippen molar-refractivity contribution >= 4 is 43.1 Å². The molecule has 0 saturated heterocycles. The van der Waals surface area contributed by atoms with Gasteiger partial charge in [-0.15, -0.1) is 0 Å². The Kier molecular flexibility index (Phi) is 2.61. The molecule has 1 heteroatoms. The molecule has 0 amide bonds. The van der Waals surface area contributed by atoms with Gasteiger partial charge in [-0.3, -0.25) is 0 Å². The van der Waals surface area contributed by atoms with Gasteiger partial charge in [0.25, 0.3) is 0 Å². The molecule has 0 spiro atoms. The van der Waals surface area contributed by atoms with E-state index in [1.807, 2.05) is 0 Å². The molecule has 5 aromatic rings. The van der Waals surface area contributed by atoms with Gasteiger partial charge in [-0.05, 0) is 55.1 Å². The first-order valence-corrected chi connectivity index (χ1v) is 8.06. The Morgan fingerprint density at radius 2 is 1.17 bits per heavy atom. The van der Waals surface area contributed by atoms with Crippen molar-refractivity contribution in [2.24, 2.45) is 0 Å². The second kappa shape index (κ2) is 4.68. The number of fused-ring (bicyclic) bond motifs is 2. The van der Waals surface area contributed by atoms with Crippen molar-refractivity contribution in [3.8, 4) is 0 Å². The zero-order valence-corrected chi connectivity index (χ0v) is 12.7. The summed E-state index contributed by atoms with van der Waals surface area (Å²) in [5.41, 5.74) is 1.23. The summed E-state index contributed by atoms with van der Waals surface area (Å²) in [6.45, 7) is 0.179. The lowest BCUT2D eigenvalue weighted by Crippen LogP contribution is -1.95. The number of hydrogen-bond acceptors (Lipinski definition) is 1.